The molecule has 0 saturated carbocycles. The molecule has 0 aliphatic rings. The molecule has 0 aliphatic heterocycles. The Balaban J connectivity index is 1.70. The molecular formula is C22H23FN4O4S. The van der Waals surface area contributed by atoms with Crippen molar-refractivity contribution in [2.75, 3.05) is 7.05 Å². The van der Waals surface area contributed by atoms with E-state index in [2.05, 4.69) is 20.6 Å². The van der Waals surface area contributed by atoms with Crippen LogP contribution in [-0.2, 0) is 10.5 Å². The highest BCUT2D eigenvalue weighted by Gasteiger charge is 2.25. The summed E-state index contributed by atoms with van der Waals surface area (Å²) in [6.07, 6.45) is 1.39. The van der Waals surface area contributed by atoms with E-state index in [1.807, 2.05) is 13.8 Å². The first-order valence-electron chi connectivity index (χ1n) is 9.87. The maximum atomic E-state index is 14.6. The molecule has 0 bridgehead atoms. The van der Waals surface area contributed by atoms with Gasteiger partial charge in [0.2, 0.25) is 5.91 Å². The number of H-pyrrole nitrogens is 1. The molecule has 8 nitrogen and oxygen atoms in total. The van der Waals surface area contributed by atoms with Crippen molar-refractivity contribution in [1.82, 2.24) is 20.6 Å². The van der Waals surface area contributed by atoms with Gasteiger partial charge in [0.05, 0.1) is 0 Å². The molecule has 3 rings (SSSR count). The molecule has 32 heavy (non-hydrogen) atoms. The third-order valence-electron chi connectivity index (χ3n) is 4.66. The lowest BCUT2D eigenvalue weighted by atomic mass is 10.0. The van der Waals surface area contributed by atoms with Gasteiger partial charge in [-0.3, -0.25) is 14.4 Å². The molecule has 2 amide bonds. The highest BCUT2D eigenvalue weighted by atomic mass is 32.2. The quantitative estimate of drug-likeness (QED) is 0.353. The molecule has 0 fully saturated rings. The molecule has 0 saturated heterocycles. The number of carbonyl (C=O) groups is 2. The number of benzene rings is 1. The van der Waals surface area contributed by atoms with Gasteiger partial charge in [0.15, 0.2) is 10.9 Å². The molecule has 1 atom stereocenters. The van der Waals surface area contributed by atoms with Crippen LogP contribution in [0, 0.1) is 11.7 Å². The Kier molecular flexibility index (Phi) is 7.47. The van der Waals surface area contributed by atoms with Gasteiger partial charge in [-0.05, 0) is 29.7 Å². The molecule has 0 spiro atoms. The number of halogens is 1. The second kappa shape index (κ2) is 10.3. The molecular weight excluding hydrogens is 435 g/mol. The summed E-state index contributed by atoms with van der Waals surface area (Å²) in [5.74, 6) is -0.771. The van der Waals surface area contributed by atoms with Gasteiger partial charge >= 0.3 is 0 Å². The monoisotopic (exact) mass is 458 g/mol. The molecule has 2 heterocycles. The van der Waals surface area contributed by atoms with Gasteiger partial charge in [-0.25, -0.2) is 9.37 Å². The smallest absolute Gasteiger partial charge is 0.287 e. The van der Waals surface area contributed by atoms with E-state index < -0.39 is 17.8 Å². The number of nitrogens with one attached hydrogen (secondary N) is 3. The average Bonchev–Trinajstić information content (AvgIpc) is 3.26. The minimum Gasteiger partial charge on any atom is -0.451 e. The van der Waals surface area contributed by atoms with Crippen LogP contribution in [0.5, 0.6) is 0 Å². The van der Waals surface area contributed by atoms with Crippen molar-refractivity contribution in [3.8, 4) is 11.3 Å². The van der Waals surface area contributed by atoms with Crippen LogP contribution in [0.4, 0.5) is 4.39 Å². The van der Waals surface area contributed by atoms with Gasteiger partial charge in [0.25, 0.3) is 11.5 Å². The molecule has 10 heteroatoms. The second-order valence-electron chi connectivity index (χ2n) is 7.31. The van der Waals surface area contributed by atoms with Gasteiger partial charge in [0.1, 0.15) is 17.6 Å². The number of amides is 2. The van der Waals surface area contributed by atoms with E-state index in [1.165, 1.54) is 43.2 Å². The van der Waals surface area contributed by atoms with Gasteiger partial charge in [-0.1, -0.05) is 37.7 Å². The number of carbonyl (C=O) groups excluding carboxylic acids is 2. The minimum atomic E-state index is -0.704. The Morgan fingerprint density at radius 1 is 1.22 bits per heavy atom. The summed E-state index contributed by atoms with van der Waals surface area (Å²) in [6, 6.07) is 8.26. The molecule has 0 radical (unpaired) electrons. The van der Waals surface area contributed by atoms with Crippen LogP contribution in [-0.4, -0.2) is 34.9 Å². The van der Waals surface area contributed by atoms with Crippen molar-refractivity contribution in [3.63, 3.8) is 0 Å². The maximum absolute atomic E-state index is 14.6. The molecule has 0 aliphatic carbocycles. The number of rotatable bonds is 8. The van der Waals surface area contributed by atoms with E-state index in [1.54, 1.807) is 18.2 Å². The first kappa shape index (κ1) is 23.3. The highest BCUT2D eigenvalue weighted by Crippen LogP contribution is 2.27. The highest BCUT2D eigenvalue weighted by molar-refractivity contribution is 7.98. The number of hydrogen-bond donors (Lipinski definition) is 3. The predicted molar refractivity (Wildman–Crippen MR) is 119 cm³/mol. The Morgan fingerprint density at radius 3 is 2.66 bits per heavy atom. The van der Waals surface area contributed by atoms with E-state index in [4.69, 9.17) is 4.42 Å². The Hall–Kier alpha value is -3.40. The number of aromatic amines is 1. The zero-order valence-electron chi connectivity index (χ0n) is 17.8. The zero-order chi connectivity index (χ0) is 23.3. The van der Waals surface area contributed by atoms with Gasteiger partial charge in [-0.2, -0.15) is 0 Å². The second-order valence-corrected chi connectivity index (χ2v) is 8.27. The summed E-state index contributed by atoms with van der Waals surface area (Å²) in [4.78, 5) is 42.4. The summed E-state index contributed by atoms with van der Waals surface area (Å²) >= 11 is 1.21. The SMILES string of the molecule is CNC(=O)[C@@H](NC(=O)c1ccc(-c2ccc(CSc3nccc(=O)[nH]3)c(F)c2)o1)C(C)C. The Morgan fingerprint density at radius 2 is 2.00 bits per heavy atom. The van der Waals surface area contributed by atoms with Gasteiger partial charge in [0, 0.05) is 30.6 Å². The van der Waals surface area contributed by atoms with E-state index >= 15 is 0 Å². The maximum Gasteiger partial charge on any atom is 0.287 e. The average molecular weight is 459 g/mol. The van der Waals surface area contributed by atoms with E-state index in [0.717, 1.165) is 0 Å². The standard InChI is InChI=1S/C22H23FN4O4S/c1-12(2)19(21(30)24-3)27-20(29)17-7-6-16(31-17)13-4-5-14(15(23)10-13)11-32-22-25-9-8-18(28)26-22/h4-10,12,19H,11H2,1-3H3,(H,24,30)(H,27,29)(H,25,26,28)/t19-/m0/s1. The zero-order valence-corrected chi connectivity index (χ0v) is 18.6. The number of furan rings is 1. The molecule has 1 aromatic carbocycles. The van der Waals surface area contributed by atoms with Crippen molar-refractivity contribution in [2.24, 2.45) is 5.92 Å². The largest absolute Gasteiger partial charge is 0.451 e. The van der Waals surface area contributed by atoms with Crippen LogP contribution in [0.25, 0.3) is 11.3 Å². The predicted octanol–water partition coefficient (Wildman–Crippen LogP) is 2.96. The van der Waals surface area contributed by atoms with Crippen molar-refractivity contribution in [1.29, 1.82) is 0 Å². The summed E-state index contributed by atoms with van der Waals surface area (Å²) in [6.45, 7) is 3.64. The third-order valence-corrected chi connectivity index (χ3v) is 5.60. The van der Waals surface area contributed by atoms with Crippen LogP contribution in [0.2, 0.25) is 0 Å². The van der Waals surface area contributed by atoms with Crippen LogP contribution in [0.15, 0.2) is 57.0 Å². The summed E-state index contributed by atoms with van der Waals surface area (Å²) < 4.78 is 20.2. The van der Waals surface area contributed by atoms with Crippen molar-refractivity contribution >= 4 is 23.6 Å². The molecule has 3 N–H and O–H groups in total. The van der Waals surface area contributed by atoms with Crippen LogP contribution in [0.1, 0.15) is 30.0 Å². The number of likely N-dealkylation sites (N-methyl/N-ethyl adjacent to an activating group) is 1. The fraction of sp³-hybridized carbons (Fsp3) is 0.273. The molecule has 0 unspecified atom stereocenters. The summed E-state index contributed by atoms with van der Waals surface area (Å²) in [5.41, 5.74) is 0.624. The van der Waals surface area contributed by atoms with Gasteiger partial charge < -0.3 is 20.0 Å². The lowest BCUT2D eigenvalue weighted by molar-refractivity contribution is -0.123. The lowest BCUT2D eigenvalue weighted by Crippen LogP contribution is -2.48. The normalized spacial score (nSPS) is 11.9. The fourth-order valence-electron chi connectivity index (χ4n) is 2.91. The summed E-state index contributed by atoms with van der Waals surface area (Å²) in [7, 11) is 1.50. The first-order valence-corrected chi connectivity index (χ1v) is 10.9. The molecule has 3 aromatic rings. The number of hydrogen-bond acceptors (Lipinski definition) is 6. The lowest BCUT2D eigenvalue weighted by Gasteiger charge is -2.19. The van der Waals surface area contributed by atoms with Crippen molar-refractivity contribution in [3.05, 3.63) is 70.1 Å². The molecule has 168 valence electrons. The first-order chi connectivity index (χ1) is 15.3. The molecule has 2 aromatic heterocycles. The number of nitrogens with zero attached hydrogens (tertiary/aromatic N) is 1. The Labute approximate surface area is 188 Å². The van der Waals surface area contributed by atoms with E-state index in [0.29, 0.717) is 22.0 Å². The van der Waals surface area contributed by atoms with E-state index in [-0.39, 0.29) is 28.9 Å². The third kappa shape index (κ3) is 5.64. The minimum absolute atomic E-state index is 0.0219. The van der Waals surface area contributed by atoms with Crippen LogP contribution in [0.3, 0.4) is 0 Å². The van der Waals surface area contributed by atoms with E-state index in [9.17, 15) is 18.8 Å². The van der Waals surface area contributed by atoms with Crippen LogP contribution >= 0.6 is 11.8 Å². The Bertz CT molecular complexity index is 1170. The topological polar surface area (TPSA) is 117 Å². The fourth-order valence-corrected chi connectivity index (χ4v) is 3.74. The van der Waals surface area contributed by atoms with Crippen LogP contribution < -0.4 is 16.2 Å². The van der Waals surface area contributed by atoms with Crippen molar-refractivity contribution < 1.29 is 18.4 Å². The number of aromatic nitrogens is 2. The number of thioether (sulfide) groups is 1. The van der Waals surface area contributed by atoms with Gasteiger partial charge in [-0.15, -0.1) is 0 Å². The summed E-state index contributed by atoms with van der Waals surface area (Å²) in [5, 5.41) is 5.57. The van der Waals surface area contributed by atoms with Crippen molar-refractivity contribution in [2.45, 2.75) is 30.8 Å².